The maximum atomic E-state index is 13.8. The molecule has 1 aromatic carbocycles. The molecular weight excluding hydrogens is 252 g/mol. The van der Waals surface area contributed by atoms with Crippen LogP contribution in [0.15, 0.2) is 12.1 Å². The van der Waals surface area contributed by atoms with Crippen molar-refractivity contribution < 1.29 is 13.6 Å². The Bertz CT molecular complexity index is 485. The molecule has 1 aliphatic heterocycles. The Morgan fingerprint density at radius 3 is 2.68 bits per heavy atom. The Morgan fingerprint density at radius 1 is 1.32 bits per heavy atom. The molecule has 0 spiro atoms. The highest BCUT2D eigenvalue weighted by molar-refractivity contribution is 5.95. The zero-order valence-corrected chi connectivity index (χ0v) is 10.9. The summed E-state index contributed by atoms with van der Waals surface area (Å²) in [6, 6.07) is 2.26. The predicted molar refractivity (Wildman–Crippen MR) is 69.0 cm³/mol. The molecule has 1 aromatic rings. The van der Waals surface area contributed by atoms with Gasteiger partial charge in [-0.3, -0.25) is 4.79 Å². The second-order valence-corrected chi connectivity index (χ2v) is 4.81. The second kappa shape index (κ2) is 5.63. The molecule has 6 heteroatoms. The van der Waals surface area contributed by atoms with Gasteiger partial charge in [0.05, 0.1) is 6.04 Å². The number of benzene rings is 1. The van der Waals surface area contributed by atoms with Crippen LogP contribution in [0.4, 0.5) is 14.5 Å². The minimum atomic E-state index is -0.770. The van der Waals surface area contributed by atoms with Crippen LogP contribution >= 0.6 is 0 Å². The fourth-order valence-electron chi connectivity index (χ4n) is 1.95. The predicted octanol–water partition coefficient (Wildman–Crippen LogP) is 1.16. The molecule has 1 fully saturated rings. The van der Waals surface area contributed by atoms with Gasteiger partial charge in [-0.25, -0.2) is 8.78 Å². The van der Waals surface area contributed by atoms with E-state index in [-0.39, 0.29) is 11.7 Å². The zero-order chi connectivity index (χ0) is 14.0. The third-order valence-corrected chi connectivity index (χ3v) is 3.19. The van der Waals surface area contributed by atoms with E-state index >= 15 is 0 Å². The monoisotopic (exact) mass is 269 g/mol. The highest BCUT2D eigenvalue weighted by atomic mass is 19.1. The minimum Gasteiger partial charge on any atom is -0.320 e. The number of nitrogens with one attached hydrogen (secondary N) is 3. The normalized spacial score (nSPS) is 23.2. The quantitative estimate of drug-likeness (QED) is 0.755. The Kier molecular flexibility index (Phi) is 4.11. The summed E-state index contributed by atoms with van der Waals surface area (Å²) < 4.78 is 27.3. The van der Waals surface area contributed by atoms with E-state index in [4.69, 9.17) is 0 Å². The summed E-state index contributed by atoms with van der Waals surface area (Å²) in [6.07, 6.45) is 0. The van der Waals surface area contributed by atoms with Crippen molar-refractivity contribution >= 4 is 11.6 Å². The molecular formula is C13H17F2N3O. The van der Waals surface area contributed by atoms with E-state index in [2.05, 4.69) is 16.0 Å². The molecule has 19 heavy (non-hydrogen) atoms. The first-order valence-corrected chi connectivity index (χ1v) is 6.21. The molecule has 0 radical (unpaired) electrons. The van der Waals surface area contributed by atoms with Crippen molar-refractivity contribution in [1.82, 2.24) is 10.6 Å². The zero-order valence-electron chi connectivity index (χ0n) is 10.9. The first-order chi connectivity index (χ1) is 8.99. The van der Waals surface area contributed by atoms with Gasteiger partial charge >= 0.3 is 0 Å². The van der Waals surface area contributed by atoms with Gasteiger partial charge in [0, 0.05) is 19.1 Å². The molecule has 1 amide bonds. The van der Waals surface area contributed by atoms with Crippen molar-refractivity contribution in [2.24, 2.45) is 0 Å². The maximum Gasteiger partial charge on any atom is 0.242 e. The fourth-order valence-corrected chi connectivity index (χ4v) is 1.95. The van der Waals surface area contributed by atoms with Crippen molar-refractivity contribution in [2.75, 3.05) is 18.4 Å². The third kappa shape index (κ3) is 3.08. The summed E-state index contributed by atoms with van der Waals surface area (Å²) in [6.45, 7) is 4.58. The molecule has 0 aromatic heterocycles. The molecule has 0 saturated carbocycles. The van der Waals surface area contributed by atoms with Gasteiger partial charge in [-0.1, -0.05) is 6.07 Å². The Hall–Kier alpha value is -1.53. The highest BCUT2D eigenvalue weighted by Crippen LogP contribution is 2.21. The van der Waals surface area contributed by atoms with Crippen LogP contribution in [-0.2, 0) is 4.79 Å². The summed E-state index contributed by atoms with van der Waals surface area (Å²) in [5.74, 6) is -1.94. The van der Waals surface area contributed by atoms with Crippen LogP contribution in [0.5, 0.6) is 0 Å². The summed E-state index contributed by atoms with van der Waals surface area (Å²) in [5, 5.41) is 8.46. The SMILES string of the molecule is Cc1ccc(F)c(NC(=O)C2CNC(C)CN2)c1F. The van der Waals surface area contributed by atoms with Gasteiger partial charge in [0.15, 0.2) is 5.82 Å². The van der Waals surface area contributed by atoms with Gasteiger partial charge in [-0.2, -0.15) is 0 Å². The van der Waals surface area contributed by atoms with E-state index in [1.807, 2.05) is 6.92 Å². The summed E-state index contributed by atoms with van der Waals surface area (Å²) in [7, 11) is 0. The topological polar surface area (TPSA) is 53.2 Å². The van der Waals surface area contributed by atoms with E-state index < -0.39 is 23.6 Å². The fraction of sp³-hybridized carbons (Fsp3) is 0.462. The van der Waals surface area contributed by atoms with Gasteiger partial charge in [-0.15, -0.1) is 0 Å². The largest absolute Gasteiger partial charge is 0.320 e. The number of hydrogen-bond donors (Lipinski definition) is 3. The van der Waals surface area contributed by atoms with Crippen LogP contribution in [0.2, 0.25) is 0 Å². The Morgan fingerprint density at radius 2 is 2.05 bits per heavy atom. The van der Waals surface area contributed by atoms with Crippen molar-refractivity contribution in [1.29, 1.82) is 0 Å². The molecule has 104 valence electrons. The molecule has 4 nitrogen and oxygen atoms in total. The standard InChI is InChI=1S/C13H17F2N3O/c1-7-3-4-9(14)12(11(7)15)18-13(19)10-6-16-8(2)5-17-10/h3-4,8,10,16-17H,5-6H2,1-2H3,(H,18,19). The molecule has 1 heterocycles. The minimum absolute atomic E-state index is 0.275. The Labute approximate surface area is 110 Å². The van der Waals surface area contributed by atoms with E-state index in [1.165, 1.54) is 13.0 Å². The number of aryl methyl sites for hydroxylation is 1. The second-order valence-electron chi connectivity index (χ2n) is 4.81. The molecule has 1 saturated heterocycles. The molecule has 2 unspecified atom stereocenters. The van der Waals surface area contributed by atoms with Crippen molar-refractivity contribution in [3.05, 3.63) is 29.3 Å². The number of carbonyl (C=O) groups is 1. The van der Waals surface area contributed by atoms with Crippen LogP contribution in [-0.4, -0.2) is 31.1 Å². The summed E-state index contributed by atoms with van der Waals surface area (Å²) in [5.41, 5.74) is -0.0922. The first-order valence-electron chi connectivity index (χ1n) is 6.21. The molecule has 2 atom stereocenters. The third-order valence-electron chi connectivity index (χ3n) is 3.19. The van der Waals surface area contributed by atoms with Gasteiger partial charge in [0.1, 0.15) is 11.5 Å². The smallest absolute Gasteiger partial charge is 0.242 e. The van der Waals surface area contributed by atoms with E-state index in [0.717, 1.165) is 6.07 Å². The van der Waals surface area contributed by atoms with Crippen molar-refractivity contribution in [2.45, 2.75) is 25.9 Å². The Balaban J connectivity index is 2.09. The van der Waals surface area contributed by atoms with Crippen molar-refractivity contribution in [3.8, 4) is 0 Å². The molecule has 3 N–H and O–H groups in total. The molecule has 0 bridgehead atoms. The van der Waals surface area contributed by atoms with Crippen LogP contribution in [0.25, 0.3) is 0 Å². The summed E-state index contributed by atoms with van der Waals surface area (Å²) in [4.78, 5) is 11.9. The van der Waals surface area contributed by atoms with E-state index in [1.54, 1.807) is 0 Å². The van der Waals surface area contributed by atoms with Crippen LogP contribution < -0.4 is 16.0 Å². The number of hydrogen-bond acceptors (Lipinski definition) is 3. The van der Waals surface area contributed by atoms with Crippen LogP contribution in [0.1, 0.15) is 12.5 Å². The lowest BCUT2D eigenvalue weighted by Crippen LogP contribution is -2.57. The van der Waals surface area contributed by atoms with Crippen LogP contribution in [0.3, 0.4) is 0 Å². The number of amides is 1. The van der Waals surface area contributed by atoms with E-state index in [9.17, 15) is 13.6 Å². The highest BCUT2D eigenvalue weighted by Gasteiger charge is 2.25. The van der Waals surface area contributed by atoms with Crippen LogP contribution in [0, 0.1) is 18.6 Å². The maximum absolute atomic E-state index is 13.8. The average molecular weight is 269 g/mol. The lowest BCUT2D eigenvalue weighted by molar-refractivity contribution is -0.118. The molecule has 2 rings (SSSR count). The first kappa shape index (κ1) is 13.9. The van der Waals surface area contributed by atoms with Gasteiger partial charge in [0.25, 0.3) is 0 Å². The molecule has 0 aliphatic carbocycles. The van der Waals surface area contributed by atoms with Crippen molar-refractivity contribution in [3.63, 3.8) is 0 Å². The van der Waals surface area contributed by atoms with Gasteiger partial charge < -0.3 is 16.0 Å². The van der Waals surface area contributed by atoms with Gasteiger partial charge in [0.2, 0.25) is 5.91 Å². The number of rotatable bonds is 2. The number of piperazine rings is 1. The number of halogens is 2. The number of carbonyl (C=O) groups excluding carboxylic acids is 1. The lowest BCUT2D eigenvalue weighted by Gasteiger charge is -2.28. The summed E-state index contributed by atoms with van der Waals surface area (Å²) >= 11 is 0. The number of anilines is 1. The molecule has 1 aliphatic rings. The lowest BCUT2D eigenvalue weighted by atomic mass is 10.1. The average Bonchev–Trinajstić information content (AvgIpc) is 2.40. The van der Waals surface area contributed by atoms with E-state index in [0.29, 0.717) is 18.7 Å². The van der Waals surface area contributed by atoms with Gasteiger partial charge in [-0.05, 0) is 25.5 Å².